The van der Waals surface area contributed by atoms with Crippen LogP contribution in [0.4, 0.5) is 39.5 Å². The Balaban J connectivity index is 0.000000258. The summed E-state index contributed by atoms with van der Waals surface area (Å²) < 4.78 is 144. The Bertz CT molecular complexity index is 2770. The summed E-state index contributed by atoms with van der Waals surface area (Å²) in [6.07, 6.45) is -7.27. The molecule has 0 spiro atoms. The SMILES string of the molecule is Cl.N#Cc1cnc(-c2ccc(C(F)(F)F)nc2)cc1CCC(=O)[C@@H]1C[C@@H](F)CN1.N#Cc1cnc(-c2ccc(C(F)(F)F)nc2)cc1CCC(=O)[C@@H]1C[C@@H](F)CN1S(=O)(=O)c1ccc(F)cc1. The lowest BCUT2D eigenvalue weighted by atomic mass is 9.98. The van der Waals surface area contributed by atoms with Gasteiger partial charge in [0.05, 0.1) is 39.5 Å². The van der Waals surface area contributed by atoms with Gasteiger partial charge in [-0.2, -0.15) is 41.2 Å². The van der Waals surface area contributed by atoms with Gasteiger partial charge in [-0.05, 0) is 84.6 Å². The second-order valence-electron chi connectivity index (χ2n) is 15.1. The highest BCUT2D eigenvalue weighted by molar-refractivity contribution is 7.89. The molecular formula is C44H36ClF9N8O4S. The van der Waals surface area contributed by atoms with E-state index in [4.69, 9.17) is 0 Å². The maximum absolute atomic E-state index is 14.3. The van der Waals surface area contributed by atoms with Gasteiger partial charge in [0, 0.05) is 74.7 Å². The van der Waals surface area contributed by atoms with Gasteiger partial charge in [0.15, 0.2) is 5.78 Å². The third kappa shape index (κ3) is 12.8. The first-order valence-corrected chi connectivity index (χ1v) is 21.3. The second-order valence-corrected chi connectivity index (χ2v) is 17.0. The first kappa shape index (κ1) is 51.7. The fourth-order valence-electron chi connectivity index (χ4n) is 7.20. The standard InChI is InChI=1S/C25H19F5N4O3S.C19H16F4N4O.ClH/c26-18-3-5-20(6-4-18)38(36,37)34-14-19(27)10-22(34)23(35)7-1-15-9-21(32-13-17(15)11-31)16-2-8-24(33-12-16)25(28,29)30;20-14-6-16(26-10-14)17(28)3-1-11-5-15(25-9-13(11)7-24)12-2-4-18(27-8-12)19(21,22)23;/h2-6,8-9,12-13,19,22H,1,7,10,14H2;2,4-5,8-9,14,16,26H,1,3,6,10H2;1H/t19-,22+;14-,16+;/m11./s1. The van der Waals surface area contributed by atoms with Crippen LogP contribution in [0.15, 0.2) is 90.3 Å². The van der Waals surface area contributed by atoms with Gasteiger partial charge in [0.2, 0.25) is 10.0 Å². The summed E-state index contributed by atoms with van der Waals surface area (Å²) in [6.45, 7) is -0.375. The third-order valence-corrected chi connectivity index (χ3v) is 12.6. The normalized spacial score (nSPS) is 18.5. The minimum absolute atomic E-state index is 0. The van der Waals surface area contributed by atoms with Gasteiger partial charge < -0.3 is 5.32 Å². The zero-order chi connectivity index (χ0) is 48.0. The van der Waals surface area contributed by atoms with Crippen LogP contribution in [0.25, 0.3) is 22.5 Å². The number of pyridine rings is 4. The largest absolute Gasteiger partial charge is 0.433 e. The molecule has 0 bridgehead atoms. The molecule has 352 valence electrons. The summed E-state index contributed by atoms with van der Waals surface area (Å²) in [7, 11) is -4.28. The van der Waals surface area contributed by atoms with Crippen molar-refractivity contribution >= 4 is 34.0 Å². The van der Waals surface area contributed by atoms with Crippen LogP contribution in [0, 0.1) is 28.5 Å². The molecule has 1 aromatic carbocycles. The van der Waals surface area contributed by atoms with E-state index in [1.807, 2.05) is 12.1 Å². The molecule has 6 heterocycles. The number of sulfonamides is 1. The Hall–Kier alpha value is -6.33. The monoisotopic (exact) mass is 978 g/mol. The molecule has 2 aliphatic rings. The van der Waals surface area contributed by atoms with Crippen LogP contribution in [0.3, 0.4) is 0 Å². The van der Waals surface area contributed by atoms with Crippen LogP contribution in [0.1, 0.15) is 59.3 Å². The van der Waals surface area contributed by atoms with E-state index in [0.717, 1.165) is 53.1 Å². The Labute approximate surface area is 383 Å². The molecule has 4 atom stereocenters. The van der Waals surface area contributed by atoms with Crippen LogP contribution < -0.4 is 5.32 Å². The van der Waals surface area contributed by atoms with Gasteiger partial charge in [0.25, 0.3) is 0 Å². The van der Waals surface area contributed by atoms with E-state index in [-0.39, 0.29) is 90.5 Å². The number of aryl methyl sites for hydroxylation is 2. The number of benzene rings is 1. The molecule has 2 aliphatic heterocycles. The minimum Gasteiger partial charge on any atom is -0.304 e. The number of nitrogens with one attached hydrogen (secondary N) is 1. The van der Waals surface area contributed by atoms with Crippen molar-refractivity contribution in [2.45, 2.75) is 80.2 Å². The summed E-state index contributed by atoms with van der Waals surface area (Å²) >= 11 is 0. The van der Waals surface area contributed by atoms with Gasteiger partial charge in [-0.15, -0.1) is 12.4 Å². The van der Waals surface area contributed by atoms with Crippen LogP contribution >= 0.6 is 12.4 Å². The maximum Gasteiger partial charge on any atom is 0.433 e. The van der Waals surface area contributed by atoms with Crippen LogP contribution in [0.5, 0.6) is 0 Å². The van der Waals surface area contributed by atoms with Gasteiger partial charge in [0.1, 0.15) is 47.5 Å². The number of carbonyl (C=O) groups is 2. The van der Waals surface area contributed by atoms with E-state index in [1.54, 1.807) is 6.07 Å². The number of Topliss-reactive ketones (excluding diaryl/α,β-unsaturated/α-hetero) is 2. The number of ketones is 2. The van der Waals surface area contributed by atoms with Crippen molar-refractivity contribution in [3.8, 4) is 34.7 Å². The molecule has 0 radical (unpaired) electrons. The molecule has 0 aliphatic carbocycles. The van der Waals surface area contributed by atoms with Gasteiger partial charge in [-0.3, -0.25) is 29.5 Å². The number of hydrogen-bond donors (Lipinski definition) is 1. The molecule has 4 aromatic heterocycles. The lowest BCUT2D eigenvalue weighted by molar-refractivity contribution is -0.141. The van der Waals surface area contributed by atoms with E-state index in [1.165, 1.54) is 30.6 Å². The molecule has 1 N–H and O–H groups in total. The lowest BCUT2D eigenvalue weighted by Crippen LogP contribution is -2.40. The topological polar surface area (TPSA) is 183 Å². The predicted octanol–water partition coefficient (Wildman–Crippen LogP) is 8.13. The van der Waals surface area contributed by atoms with E-state index < -0.39 is 76.3 Å². The van der Waals surface area contributed by atoms with Crippen molar-refractivity contribution in [3.05, 3.63) is 125 Å². The van der Waals surface area contributed by atoms with Crippen molar-refractivity contribution in [2.75, 3.05) is 13.1 Å². The van der Waals surface area contributed by atoms with Crippen LogP contribution in [0.2, 0.25) is 0 Å². The molecule has 2 fully saturated rings. The second kappa shape index (κ2) is 21.5. The molecule has 67 heavy (non-hydrogen) atoms. The van der Waals surface area contributed by atoms with Gasteiger partial charge in [-0.1, -0.05) is 0 Å². The maximum atomic E-state index is 14.3. The van der Waals surface area contributed by atoms with Crippen molar-refractivity contribution < 1.29 is 57.5 Å². The molecule has 0 unspecified atom stereocenters. The highest BCUT2D eigenvalue weighted by atomic mass is 35.5. The Kier molecular flexibility index (Phi) is 16.6. The number of rotatable bonds is 12. The Morgan fingerprint density at radius 2 is 1.19 bits per heavy atom. The predicted molar refractivity (Wildman–Crippen MR) is 223 cm³/mol. The number of nitriles is 2. The summed E-state index contributed by atoms with van der Waals surface area (Å²) in [6, 6.07) is 13.2. The smallest absolute Gasteiger partial charge is 0.304 e. The fourth-order valence-corrected chi connectivity index (χ4v) is 8.85. The summed E-state index contributed by atoms with van der Waals surface area (Å²) in [4.78, 5) is 39.9. The molecule has 7 rings (SSSR count). The molecule has 5 aromatic rings. The highest BCUT2D eigenvalue weighted by Gasteiger charge is 2.44. The first-order chi connectivity index (χ1) is 31.2. The number of halogens is 10. The summed E-state index contributed by atoms with van der Waals surface area (Å²) in [5.74, 6) is -1.37. The lowest BCUT2D eigenvalue weighted by Gasteiger charge is -2.23. The number of aromatic nitrogens is 4. The van der Waals surface area contributed by atoms with E-state index >= 15 is 0 Å². The van der Waals surface area contributed by atoms with Gasteiger partial charge in [-0.25, -0.2) is 21.6 Å². The number of alkyl halides is 8. The Morgan fingerprint density at radius 3 is 1.61 bits per heavy atom. The van der Waals surface area contributed by atoms with E-state index in [2.05, 4.69) is 25.3 Å². The highest BCUT2D eigenvalue weighted by Crippen LogP contribution is 2.32. The van der Waals surface area contributed by atoms with Crippen molar-refractivity contribution in [1.82, 2.24) is 29.6 Å². The minimum atomic E-state index is -4.61. The average molecular weight is 979 g/mol. The molecule has 12 nitrogen and oxygen atoms in total. The Morgan fingerprint density at radius 1 is 0.701 bits per heavy atom. The van der Waals surface area contributed by atoms with Crippen LogP contribution in [-0.2, 0) is 44.8 Å². The zero-order valence-electron chi connectivity index (χ0n) is 34.5. The van der Waals surface area contributed by atoms with Crippen molar-refractivity contribution in [3.63, 3.8) is 0 Å². The first-order valence-electron chi connectivity index (χ1n) is 19.9. The molecule has 0 saturated carbocycles. The average Bonchev–Trinajstić information content (AvgIpc) is 3.93. The van der Waals surface area contributed by atoms with Crippen molar-refractivity contribution in [1.29, 1.82) is 10.5 Å². The third-order valence-electron chi connectivity index (χ3n) is 10.7. The number of carbonyl (C=O) groups excluding carboxylic acids is 2. The fraction of sp³-hybridized carbons (Fsp3) is 0.318. The summed E-state index contributed by atoms with van der Waals surface area (Å²) in [5, 5.41) is 21.5. The van der Waals surface area contributed by atoms with Gasteiger partial charge >= 0.3 is 12.4 Å². The van der Waals surface area contributed by atoms with E-state index in [0.29, 0.717) is 22.4 Å². The quantitative estimate of drug-likeness (QED) is 0.119. The van der Waals surface area contributed by atoms with E-state index in [9.17, 15) is 68.0 Å². The summed E-state index contributed by atoms with van der Waals surface area (Å²) in [5.41, 5.74) is 0.401. The van der Waals surface area contributed by atoms with Crippen molar-refractivity contribution in [2.24, 2.45) is 0 Å². The number of nitrogens with zero attached hydrogens (tertiary/aromatic N) is 7. The molecule has 0 amide bonds. The molecule has 2 saturated heterocycles. The number of hydrogen-bond acceptors (Lipinski definition) is 11. The molecular weight excluding hydrogens is 943 g/mol. The molecule has 23 heteroatoms. The van der Waals surface area contributed by atoms with Crippen LogP contribution in [-0.4, -0.2) is 81.7 Å². The zero-order valence-corrected chi connectivity index (χ0v) is 36.2.